The molecule has 0 aromatic carbocycles. The molecule has 18 heavy (non-hydrogen) atoms. The zero-order valence-electron chi connectivity index (χ0n) is 10.3. The van der Waals surface area contributed by atoms with Crippen LogP contribution < -0.4 is 5.32 Å². The molecule has 1 aliphatic heterocycles. The molecule has 1 N–H and O–H groups in total. The van der Waals surface area contributed by atoms with Crippen LogP contribution in [-0.2, 0) is 14.3 Å². The van der Waals surface area contributed by atoms with Crippen molar-refractivity contribution in [1.29, 1.82) is 0 Å². The summed E-state index contributed by atoms with van der Waals surface area (Å²) >= 11 is 0. The highest BCUT2D eigenvalue weighted by atomic mass is 19.4. The van der Waals surface area contributed by atoms with Crippen LogP contribution in [-0.4, -0.2) is 44.0 Å². The minimum atomic E-state index is -4.34. The first-order valence-electron chi connectivity index (χ1n) is 5.56. The predicted octanol–water partition coefficient (Wildman–Crippen LogP) is 1.42. The average molecular weight is 267 g/mol. The maximum Gasteiger partial charge on any atom is 0.412 e. The Labute approximate surface area is 103 Å². The van der Waals surface area contributed by atoms with Gasteiger partial charge in [-0.1, -0.05) is 6.08 Å². The van der Waals surface area contributed by atoms with E-state index in [9.17, 15) is 18.0 Å². The molecule has 1 heterocycles. The van der Waals surface area contributed by atoms with Crippen LogP contribution in [0.5, 0.6) is 0 Å². The van der Waals surface area contributed by atoms with E-state index in [1.165, 1.54) is 0 Å². The second-order valence-electron chi connectivity index (χ2n) is 4.06. The van der Waals surface area contributed by atoms with Crippen LogP contribution in [0.4, 0.5) is 13.2 Å². The smallest absolute Gasteiger partial charge is 0.412 e. The van der Waals surface area contributed by atoms with E-state index in [-0.39, 0.29) is 26.4 Å². The van der Waals surface area contributed by atoms with E-state index in [0.717, 1.165) is 13.0 Å². The highest BCUT2D eigenvalue weighted by Crippen LogP contribution is 2.24. The van der Waals surface area contributed by atoms with Gasteiger partial charge in [0.1, 0.15) is 0 Å². The molecule has 1 saturated heterocycles. The number of hydrogen-bond donors (Lipinski definition) is 1. The second kappa shape index (κ2) is 5.71. The van der Waals surface area contributed by atoms with Gasteiger partial charge < -0.3 is 9.47 Å². The Morgan fingerprint density at radius 1 is 1.50 bits per heavy atom. The summed E-state index contributed by atoms with van der Waals surface area (Å²) < 4.78 is 46.5. The molecule has 4 nitrogen and oxygen atoms in total. The Balaban J connectivity index is 2.53. The Morgan fingerprint density at radius 2 is 2.11 bits per heavy atom. The number of halogens is 3. The third kappa shape index (κ3) is 3.46. The van der Waals surface area contributed by atoms with Crippen molar-refractivity contribution in [2.24, 2.45) is 0 Å². The molecule has 0 radical (unpaired) electrons. The number of carbonyl (C=O) groups excluding carboxylic acids is 1. The molecule has 0 atom stereocenters. The fraction of sp³-hybridized carbons (Fsp3) is 0.727. The monoisotopic (exact) mass is 267 g/mol. The van der Waals surface area contributed by atoms with Gasteiger partial charge in [0.15, 0.2) is 5.54 Å². The fourth-order valence-corrected chi connectivity index (χ4v) is 1.38. The molecule has 0 unspecified atom stereocenters. The molecule has 0 aromatic heterocycles. The number of carbonyl (C=O) groups is 1. The van der Waals surface area contributed by atoms with Gasteiger partial charge >= 0.3 is 12.1 Å². The fourth-order valence-electron chi connectivity index (χ4n) is 1.38. The van der Waals surface area contributed by atoms with Gasteiger partial charge in [-0.15, -0.1) is 0 Å². The van der Waals surface area contributed by atoms with E-state index in [1.54, 1.807) is 6.92 Å². The lowest BCUT2D eigenvalue weighted by Crippen LogP contribution is -2.66. The van der Waals surface area contributed by atoms with E-state index >= 15 is 0 Å². The summed E-state index contributed by atoms with van der Waals surface area (Å²) in [6.45, 7) is 3.04. The zero-order chi connectivity index (χ0) is 13.8. The van der Waals surface area contributed by atoms with Crippen LogP contribution in [0, 0.1) is 0 Å². The molecule has 0 spiro atoms. The van der Waals surface area contributed by atoms with Crippen molar-refractivity contribution in [3.8, 4) is 0 Å². The van der Waals surface area contributed by atoms with Crippen LogP contribution in [0.15, 0.2) is 11.6 Å². The van der Waals surface area contributed by atoms with Gasteiger partial charge in [-0.25, -0.2) is 4.79 Å². The zero-order valence-corrected chi connectivity index (χ0v) is 10.3. The SMILES string of the molecule is CCOC(=O)C1(NCC=C(C)C(F)(F)F)COC1. The number of alkyl halides is 3. The third-order valence-corrected chi connectivity index (χ3v) is 2.66. The average Bonchev–Trinajstić information content (AvgIpc) is 2.20. The van der Waals surface area contributed by atoms with Crippen LogP contribution in [0.3, 0.4) is 0 Å². The molecule has 1 rings (SSSR count). The first-order valence-corrected chi connectivity index (χ1v) is 5.56. The van der Waals surface area contributed by atoms with Gasteiger partial charge in [-0.05, 0) is 13.8 Å². The molecule has 7 heteroatoms. The van der Waals surface area contributed by atoms with Gasteiger partial charge in [0.2, 0.25) is 0 Å². The minimum Gasteiger partial charge on any atom is -0.464 e. The highest BCUT2D eigenvalue weighted by Gasteiger charge is 2.46. The van der Waals surface area contributed by atoms with Gasteiger partial charge in [-0.2, -0.15) is 13.2 Å². The number of nitrogens with one attached hydrogen (secondary N) is 1. The summed E-state index contributed by atoms with van der Waals surface area (Å²) in [4.78, 5) is 11.6. The van der Waals surface area contributed by atoms with Crippen molar-refractivity contribution < 1.29 is 27.4 Å². The topological polar surface area (TPSA) is 47.6 Å². The first kappa shape index (κ1) is 15.0. The predicted molar refractivity (Wildman–Crippen MR) is 58.0 cm³/mol. The Kier molecular flexibility index (Phi) is 4.75. The lowest BCUT2D eigenvalue weighted by Gasteiger charge is -2.39. The summed E-state index contributed by atoms with van der Waals surface area (Å²) in [5.74, 6) is -0.491. The summed E-state index contributed by atoms with van der Waals surface area (Å²) in [6.07, 6.45) is -3.34. The molecule has 1 aliphatic rings. The van der Waals surface area contributed by atoms with E-state index in [0.29, 0.717) is 0 Å². The first-order chi connectivity index (χ1) is 8.32. The normalized spacial score (nSPS) is 19.3. The molecule has 0 amide bonds. The Bertz CT molecular complexity index is 335. The Hall–Kier alpha value is -1.08. The number of esters is 1. The van der Waals surface area contributed by atoms with E-state index < -0.39 is 23.3 Å². The number of rotatable bonds is 5. The number of allylic oxidation sites excluding steroid dienone is 1. The van der Waals surface area contributed by atoms with E-state index in [1.807, 2.05) is 0 Å². The second-order valence-corrected chi connectivity index (χ2v) is 4.06. The summed E-state index contributed by atoms with van der Waals surface area (Å²) in [5, 5.41) is 2.74. The Morgan fingerprint density at radius 3 is 2.50 bits per heavy atom. The van der Waals surface area contributed by atoms with Gasteiger partial charge in [0, 0.05) is 12.1 Å². The van der Waals surface area contributed by atoms with Crippen molar-refractivity contribution in [2.45, 2.75) is 25.6 Å². The molecule has 104 valence electrons. The van der Waals surface area contributed by atoms with E-state index in [2.05, 4.69) is 5.32 Å². The van der Waals surface area contributed by atoms with E-state index in [4.69, 9.17) is 9.47 Å². The molecule has 0 aromatic rings. The quantitative estimate of drug-likeness (QED) is 0.604. The van der Waals surface area contributed by atoms with Crippen molar-refractivity contribution in [1.82, 2.24) is 5.32 Å². The minimum absolute atomic E-state index is 0.0620. The van der Waals surface area contributed by atoms with Crippen molar-refractivity contribution in [2.75, 3.05) is 26.4 Å². The number of hydrogen-bond acceptors (Lipinski definition) is 4. The largest absolute Gasteiger partial charge is 0.464 e. The maximum atomic E-state index is 12.2. The molecular formula is C11H16F3NO3. The van der Waals surface area contributed by atoms with Gasteiger partial charge in [-0.3, -0.25) is 5.32 Å². The lowest BCUT2D eigenvalue weighted by atomic mass is 9.97. The van der Waals surface area contributed by atoms with Crippen LogP contribution >= 0.6 is 0 Å². The van der Waals surface area contributed by atoms with Gasteiger partial charge in [0.05, 0.1) is 19.8 Å². The summed E-state index contributed by atoms with van der Waals surface area (Å²) in [6, 6.07) is 0. The van der Waals surface area contributed by atoms with Crippen LogP contribution in [0.1, 0.15) is 13.8 Å². The molecule has 0 bridgehead atoms. The third-order valence-electron chi connectivity index (χ3n) is 2.66. The van der Waals surface area contributed by atoms with Crippen molar-refractivity contribution in [3.05, 3.63) is 11.6 Å². The molecule has 0 aliphatic carbocycles. The lowest BCUT2D eigenvalue weighted by molar-refractivity contribution is -0.171. The van der Waals surface area contributed by atoms with Gasteiger partial charge in [0.25, 0.3) is 0 Å². The van der Waals surface area contributed by atoms with Crippen LogP contribution in [0.2, 0.25) is 0 Å². The highest BCUT2D eigenvalue weighted by molar-refractivity contribution is 5.82. The maximum absolute atomic E-state index is 12.2. The van der Waals surface area contributed by atoms with Crippen molar-refractivity contribution >= 4 is 5.97 Å². The number of ether oxygens (including phenoxy) is 2. The standard InChI is InChI=1S/C11H16F3NO3/c1-3-18-9(16)10(6-17-7-10)15-5-4-8(2)11(12,13)14/h4,15H,3,5-7H2,1-2H3. The van der Waals surface area contributed by atoms with Crippen LogP contribution in [0.25, 0.3) is 0 Å². The van der Waals surface area contributed by atoms with Crippen molar-refractivity contribution in [3.63, 3.8) is 0 Å². The summed E-state index contributed by atoms with van der Waals surface area (Å²) in [7, 11) is 0. The molecular weight excluding hydrogens is 251 g/mol. The summed E-state index contributed by atoms with van der Waals surface area (Å²) in [5.41, 5.74) is -1.70. The molecule has 1 fully saturated rings. The molecule has 0 saturated carbocycles.